The highest BCUT2D eigenvalue weighted by Crippen LogP contribution is 2.14. The van der Waals surface area contributed by atoms with Crippen LogP contribution in [0.3, 0.4) is 0 Å². The molecule has 1 unspecified atom stereocenters. The van der Waals surface area contributed by atoms with Gasteiger partial charge in [-0.2, -0.15) is 0 Å². The third-order valence-electron chi connectivity index (χ3n) is 1.35. The number of rotatable bonds is 1. The maximum Gasteiger partial charge on any atom is 0.306 e. The summed E-state index contributed by atoms with van der Waals surface area (Å²) in [6.07, 6.45) is 4.52. The lowest BCUT2D eigenvalue weighted by molar-refractivity contribution is -0.137. The number of hydrogen-bond acceptors (Lipinski definition) is 2. The quantitative estimate of drug-likeness (QED) is 0.389. The van der Waals surface area contributed by atoms with Crippen LogP contribution in [0.25, 0.3) is 0 Å². The summed E-state index contributed by atoms with van der Waals surface area (Å²) in [7, 11) is 0. The van der Waals surface area contributed by atoms with Crippen molar-refractivity contribution in [3.8, 4) is 0 Å². The van der Waals surface area contributed by atoms with E-state index in [4.69, 9.17) is 4.74 Å². The topological polar surface area (TPSA) is 26.3 Å². The zero-order valence-electron chi connectivity index (χ0n) is 5.46. The minimum absolute atomic E-state index is 0.0712. The molecule has 0 spiro atoms. The number of hydrogen-bond donors (Lipinski definition) is 0. The minimum Gasteiger partial charge on any atom is -0.465 e. The second kappa shape index (κ2) is 2.67. The van der Waals surface area contributed by atoms with Crippen molar-refractivity contribution in [1.29, 1.82) is 0 Å². The van der Waals surface area contributed by atoms with Crippen LogP contribution in [-0.2, 0) is 9.53 Å². The Morgan fingerprint density at radius 2 is 2.56 bits per heavy atom. The SMILES string of the molecule is CC=CC1COC(=O)C1. The first kappa shape index (κ1) is 6.33. The second-order valence-electron chi connectivity index (χ2n) is 2.17. The van der Waals surface area contributed by atoms with Gasteiger partial charge in [-0.15, -0.1) is 0 Å². The zero-order valence-corrected chi connectivity index (χ0v) is 5.46. The summed E-state index contributed by atoms with van der Waals surface area (Å²) in [4.78, 5) is 10.5. The van der Waals surface area contributed by atoms with E-state index in [9.17, 15) is 4.79 Å². The first-order valence-corrected chi connectivity index (χ1v) is 3.11. The van der Waals surface area contributed by atoms with Gasteiger partial charge in [-0.05, 0) is 6.92 Å². The third kappa shape index (κ3) is 1.56. The van der Waals surface area contributed by atoms with E-state index < -0.39 is 0 Å². The average Bonchev–Trinajstić information content (AvgIpc) is 2.17. The predicted octanol–water partition coefficient (Wildman–Crippen LogP) is 1.13. The lowest BCUT2D eigenvalue weighted by Gasteiger charge is -1.92. The molecule has 0 aromatic carbocycles. The van der Waals surface area contributed by atoms with E-state index >= 15 is 0 Å². The van der Waals surface area contributed by atoms with Gasteiger partial charge in [-0.25, -0.2) is 0 Å². The van der Waals surface area contributed by atoms with Crippen molar-refractivity contribution < 1.29 is 9.53 Å². The monoisotopic (exact) mass is 126 g/mol. The molecule has 1 aliphatic rings. The van der Waals surface area contributed by atoms with Crippen LogP contribution in [0.15, 0.2) is 12.2 Å². The smallest absolute Gasteiger partial charge is 0.306 e. The van der Waals surface area contributed by atoms with E-state index in [1.807, 2.05) is 19.1 Å². The summed E-state index contributed by atoms with van der Waals surface area (Å²) >= 11 is 0. The third-order valence-corrected chi connectivity index (χ3v) is 1.35. The number of esters is 1. The van der Waals surface area contributed by atoms with Crippen LogP contribution in [0.2, 0.25) is 0 Å². The summed E-state index contributed by atoms with van der Waals surface area (Å²) in [6, 6.07) is 0. The van der Waals surface area contributed by atoms with E-state index in [2.05, 4.69) is 0 Å². The van der Waals surface area contributed by atoms with Crippen LogP contribution in [0.5, 0.6) is 0 Å². The van der Waals surface area contributed by atoms with Crippen molar-refractivity contribution in [2.24, 2.45) is 5.92 Å². The van der Waals surface area contributed by atoms with Crippen molar-refractivity contribution in [2.45, 2.75) is 13.3 Å². The highest BCUT2D eigenvalue weighted by Gasteiger charge is 2.20. The van der Waals surface area contributed by atoms with Crippen molar-refractivity contribution in [3.63, 3.8) is 0 Å². The summed E-state index contributed by atoms with van der Waals surface area (Å²) < 4.78 is 4.73. The molecule has 0 aliphatic carbocycles. The first-order valence-electron chi connectivity index (χ1n) is 3.11. The molecule has 2 nitrogen and oxygen atoms in total. The van der Waals surface area contributed by atoms with Gasteiger partial charge in [-0.1, -0.05) is 12.2 Å². The molecule has 50 valence electrons. The Hall–Kier alpha value is -0.790. The fraction of sp³-hybridized carbons (Fsp3) is 0.571. The highest BCUT2D eigenvalue weighted by molar-refractivity contribution is 5.71. The van der Waals surface area contributed by atoms with E-state index in [0.29, 0.717) is 18.9 Å². The molecule has 1 heterocycles. The number of cyclic esters (lactones) is 1. The molecular formula is C7H10O2. The Morgan fingerprint density at radius 1 is 1.78 bits per heavy atom. The molecule has 0 aromatic rings. The van der Waals surface area contributed by atoms with Gasteiger partial charge < -0.3 is 4.74 Å². The Balaban J connectivity index is 2.39. The predicted molar refractivity (Wildman–Crippen MR) is 33.9 cm³/mol. The largest absolute Gasteiger partial charge is 0.465 e. The lowest BCUT2D eigenvalue weighted by atomic mass is 10.1. The van der Waals surface area contributed by atoms with Crippen molar-refractivity contribution >= 4 is 5.97 Å². The molecule has 0 N–H and O–H groups in total. The van der Waals surface area contributed by atoms with Crippen LogP contribution >= 0.6 is 0 Å². The van der Waals surface area contributed by atoms with E-state index in [0.717, 1.165) is 0 Å². The average molecular weight is 126 g/mol. The maximum atomic E-state index is 10.5. The van der Waals surface area contributed by atoms with Crippen LogP contribution in [0.4, 0.5) is 0 Å². The van der Waals surface area contributed by atoms with Crippen LogP contribution in [0.1, 0.15) is 13.3 Å². The van der Waals surface area contributed by atoms with Crippen LogP contribution in [0, 0.1) is 5.92 Å². The fourth-order valence-electron chi connectivity index (χ4n) is 0.928. The molecule has 0 saturated carbocycles. The first-order chi connectivity index (χ1) is 4.33. The van der Waals surface area contributed by atoms with E-state index in [1.165, 1.54) is 0 Å². The molecule has 1 aliphatic heterocycles. The highest BCUT2D eigenvalue weighted by atomic mass is 16.5. The van der Waals surface area contributed by atoms with Gasteiger partial charge in [0, 0.05) is 5.92 Å². The Bertz CT molecular complexity index is 138. The van der Waals surface area contributed by atoms with Gasteiger partial charge in [0.2, 0.25) is 0 Å². The van der Waals surface area contributed by atoms with Crippen molar-refractivity contribution in [3.05, 3.63) is 12.2 Å². The normalized spacial score (nSPS) is 27.2. The lowest BCUT2D eigenvalue weighted by Crippen LogP contribution is -1.91. The van der Waals surface area contributed by atoms with Gasteiger partial charge in [0.25, 0.3) is 0 Å². The number of carbonyl (C=O) groups is 1. The molecule has 2 heteroatoms. The molecule has 0 amide bonds. The number of allylic oxidation sites excluding steroid dienone is 1. The summed E-state index contributed by atoms with van der Waals surface area (Å²) in [5.74, 6) is 0.264. The van der Waals surface area contributed by atoms with Gasteiger partial charge in [-0.3, -0.25) is 4.79 Å². The molecule has 1 atom stereocenters. The maximum absolute atomic E-state index is 10.5. The van der Waals surface area contributed by atoms with Crippen molar-refractivity contribution in [1.82, 2.24) is 0 Å². The Morgan fingerprint density at radius 3 is 3.00 bits per heavy atom. The number of carbonyl (C=O) groups excluding carboxylic acids is 1. The Labute approximate surface area is 54.5 Å². The van der Waals surface area contributed by atoms with Gasteiger partial charge in [0.15, 0.2) is 0 Å². The summed E-state index contributed by atoms with van der Waals surface area (Å²) in [5.41, 5.74) is 0. The molecule has 1 saturated heterocycles. The minimum atomic E-state index is -0.0712. The molecule has 0 radical (unpaired) electrons. The standard InChI is InChI=1S/C7H10O2/c1-2-3-6-4-7(8)9-5-6/h2-3,6H,4-5H2,1H3. The molecule has 1 rings (SSSR count). The Kier molecular flexibility index (Phi) is 1.88. The number of ether oxygens (including phenoxy) is 1. The zero-order chi connectivity index (χ0) is 6.69. The fourth-order valence-corrected chi connectivity index (χ4v) is 0.928. The van der Waals surface area contributed by atoms with Gasteiger partial charge in [0.05, 0.1) is 13.0 Å². The van der Waals surface area contributed by atoms with Gasteiger partial charge in [0.1, 0.15) is 0 Å². The molecular weight excluding hydrogens is 116 g/mol. The van der Waals surface area contributed by atoms with E-state index in [1.54, 1.807) is 0 Å². The van der Waals surface area contributed by atoms with Gasteiger partial charge >= 0.3 is 5.97 Å². The van der Waals surface area contributed by atoms with Crippen LogP contribution < -0.4 is 0 Å². The summed E-state index contributed by atoms with van der Waals surface area (Å²) in [5, 5.41) is 0. The molecule has 0 aromatic heterocycles. The second-order valence-corrected chi connectivity index (χ2v) is 2.17. The van der Waals surface area contributed by atoms with E-state index in [-0.39, 0.29) is 5.97 Å². The molecule has 9 heavy (non-hydrogen) atoms. The van der Waals surface area contributed by atoms with Crippen molar-refractivity contribution in [2.75, 3.05) is 6.61 Å². The molecule has 0 bridgehead atoms. The van der Waals surface area contributed by atoms with Crippen LogP contribution in [-0.4, -0.2) is 12.6 Å². The summed E-state index contributed by atoms with van der Waals surface area (Å²) in [6.45, 7) is 2.52. The molecule has 1 fully saturated rings.